The second kappa shape index (κ2) is 2.91. The van der Waals surface area contributed by atoms with Gasteiger partial charge in [0, 0.05) is 6.54 Å². The summed E-state index contributed by atoms with van der Waals surface area (Å²) in [5.41, 5.74) is 0.642. The van der Waals surface area contributed by atoms with Gasteiger partial charge in [0.05, 0.1) is 0 Å². The van der Waals surface area contributed by atoms with Crippen molar-refractivity contribution >= 4 is 0 Å². The van der Waals surface area contributed by atoms with Gasteiger partial charge in [-0.3, -0.25) is 0 Å². The van der Waals surface area contributed by atoms with Crippen LogP contribution in [0.15, 0.2) is 0 Å². The van der Waals surface area contributed by atoms with Crippen molar-refractivity contribution in [1.29, 1.82) is 0 Å². The first-order valence-corrected chi connectivity index (χ1v) is 4.27. The lowest BCUT2D eigenvalue weighted by Crippen LogP contribution is -2.28. The highest BCUT2D eigenvalue weighted by Gasteiger charge is 2.28. The summed E-state index contributed by atoms with van der Waals surface area (Å²) in [4.78, 5) is 2.31. The fraction of sp³-hybridized carbons (Fsp3) is 1.00. The molecule has 1 nitrogen and oxygen atoms in total. The molecule has 0 unspecified atom stereocenters. The van der Waals surface area contributed by atoms with Crippen LogP contribution in [0.2, 0.25) is 0 Å². The molecule has 10 heavy (non-hydrogen) atoms. The van der Waals surface area contributed by atoms with Gasteiger partial charge in [-0.15, -0.1) is 0 Å². The summed E-state index contributed by atoms with van der Waals surface area (Å²) in [5, 5.41) is 0. The Hall–Kier alpha value is -0.0400. The number of hydrogen-bond acceptors (Lipinski definition) is 1. The smallest absolute Gasteiger partial charge is 0.00292 e. The molecule has 60 valence electrons. The molecule has 0 aromatic carbocycles. The van der Waals surface area contributed by atoms with Crippen LogP contribution in [0.3, 0.4) is 0 Å². The number of rotatable bonds is 2. The van der Waals surface area contributed by atoms with Crippen molar-refractivity contribution in [3.63, 3.8) is 0 Å². The van der Waals surface area contributed by atoms with Crippen LogP contribution >= 0.6 is 0 Å². The molecule has 0 saturated heterocycles. The van der Waals surface area contributed by atoms with E-state index in [9.17, 15) is 0 Å². The van der Waals surface area contributed by atoms with E-state index in [4.69, 9.17) is 0 Å². The molecule has 0 atom stereocenters. The molecule has 1 aliphatic carbocycles. The molecule has 0 bridgehead atoms. The third kappa shape index (κ3) is 1.98. The lowest BCUT2D eigenvalue weighted by molar-refractivity contribution is 0.224. The molecule has 0 heterocycles. The maximum absolute atomic E-state index is 2.42. The van der Waals surface area contributed by atoms with E-state index in [1.54, 1.807) is 0 Å². The first kappa shape index (κ1) is 8.06. The molecule has 0 aliphatic heterocycles. The Labute approximate surface area is 64.4 Å². The first-order valence-electron chi connectivity index (χ1n) is 4.27. The van der Waals surface area contributed by atoms with E-state index in [2.05, 4.69) is 25.9 Å². The van der Waals surface area contributed by atoms with Gasteiger partial charge in [-0.1, -0.05) is 19.8 Å². The van der Waals surface area contributed by atoms with Gasteiger partial charge in [0.2, 0.25) is 0 Å². The summed E-state index contributed by atoms with van der Waals surface area (Å²) < 4.78 is 0. The Balaban J connectivity index is 2.36. The maximum atomic E-state index is 2.42. The van der Waals surface area contributed by atoms with E-state index in [-0.39, 0.29) is 0 Å². The molecule has 0 aromatic rings. The monoisotopic (exact) mass is 141 g/mol. The maximum Gasteiger partial charge on any atom is 0.00292 e. The minimum absolute atomic E-state index is 0.642. The second-order valence-corrected chi connectivity index (χ2v) is 4.26. The molecule has 1 saturated carbocycles. The highest BCUT2D eigenvalue weighted by atomic mass is 15.1. The predicted octanol–water partition coefficient (Wildman–Crippen LogP) is 2.13. The molecular formula is C9H19N. The molecule has 0 spiro atoms. The van der Waals surface area contributed by atoms with Crippen molar-refractivity contribution in [3.05, 3.63) is 0 Å². The van der Waals surface area contributed by atoms with Gasteiger partial charge in [0.1, 0.15) is 0 Å². The van der Waals surface area contributed by atoms with Crippen LogP contribution in [0.4, 0.5) is 0 Å². The van der Waals surface area contributed by atoms with E-state index < -0.39 is 0 Å². The van der Waals surface area contributed by atoms with Crippen molar-refractivity contribution in [3.8, 4) is 0 Å². The highest BCUT2D eigenvalue weighted by molar-refractivity contribution is 4.81. The Morgan fingerprint density at radius 3 is 2.10 bits per heavy atom. The topological polar surface area (TPSA) is 3.24 Å². The zero-order valence-corrected chi connectivity index (χ0v) is 7.48. The molecule has 1 heteroatoms. The van der Waals surface area contributed by atoms with Crippen LogP contribution in [-0.4, -0.2) is 25.5 Å². The summed E-state index contributed by atoms with van der Waals surface area (Å²) in [6, 6.07) is 0. The summed E-state index contributed by atoms with van der Waals surface area (Å²) in [5.74, 6) is 0. The van der Waals surface area contributed by atoms with Gasteiger partial charge in [0.15, 0.2) is 0 Å². The summed E-state index contributed by atoms with van der Waals surface area (Å²) in [6.45, 7) is 3.69. The van der Waals surface area contributed by atoms with Crippen LogP contribution in [0.1, 0.15) is 32.6 Å². The number of hydrogen-bond donors (Lipinski definition) is 0. The van der Waals surface area contributed by atoms with Crippen LogP contribution in [0, 0.1) is 5.41 Å². The fourth-order valence-electron chi connectivity index (χ4n) is 2.15. The predicted molar refractivity (Wildman–Crippen MR) is 45.1 cm³/mol. The van der Waals surface area contributed by atoms with Crippen molar-refractivity contribution in [2.75, 3.05) is 20.6 Å². The SMILES string of the molecule is CN(C)CC1(C)CCCC1. The Morgan fingerprint density at radius 1 is 1.20 bits per heavy atom. The second-order valence-electron chi connectivity index (χ2n) is 4.26. The zero-order valence-electron chi connectivity index (χ0n) is 7.48. The van der Waals surface area contributed by atoms with Crippen LogP contribution < -0.4 is 0 Å². The van der Waals surface area contributed by atoms with E-state index in [1.165, 1.54) is 32.2 Å². The third-order valence-electron chi connectivity index (χ3n) is 2.51. The van der Waals surface area contributed by atoms with Gasteiger partial charge < -0.3 is 4.90 Å². The minimum Gasteiger partial charge on any atom is -0.309 e. The number of nitrogens with zero attached hydrogens (tertiary/aromatic N) is 1. The molecule has 1 aliphatic rings. The first-order chi connectivity index (χ1) is 4.62. The molecule has 0 radical (unpaired) electrons. The van der Waals surface area contributed by atoms with E-state index in [0.29, 0.717) is 5.41 Å². The molecule has 0 aromatic heterocycles. The molecule has 1 fully saturated rings. The average Bonchev–Trinajstić information content (AvgIpc) is 2.12. The lowest BCUT2D eigenvalue weighted by atomic mass is 9.88. The van der Waals surface area contributed by atoms with Gasteiger partial charge in [0.25, 0.3) is 0 Å². The van der Waals surface area contributed by atoms with Gasteiger partial charge >= 0.3 is 0 Å². The average molecular weight is 141 g/mol. The quantitative estimate of drug-likeness (QED) is 0.569. The van der Waals surface area contributed by atoms with Crippen LogP contribution in [0.25, 0.3) is 0 Å². The van der Waals surface area contributed by atoms with Crippen molar-refractivity contribution in [2.24, 2.45) is 5.41 Å². The van der Waals surface area contributed by atoms with Crippen LogP contribution in [-0.2, 0) is 0 Å². The van der Waals surface area contributed by atoms with E-state index in [1.807, 2.05) is 0 Å². The molecule has 0 amide bonds. The van der Waals surface area contributed by atoms with Gasteiger partial charge in [-0.25, -0.2) is 0 Å². The Kier molecular flexibility index (Phi) is 2.35. The standard InChI is InChI=1S/C9H19N/c1-9(8-10(2)3)6-4-5-7-9/h4-8H2,1-3H3. The lowest BCUT2D eigenvalue weighted by Gasteiger charge is -2.27. The third-order valence-corrected chi connectivity index (χ3v) is 2.51. The Bertz CT molecular complexity index is 101. The molecular weight excluding hydrogens is 122 g/mol. The fourth-order valence-corrected chi connectivity index (χ4v) is 2.15. The zero-order chi connectivity index (χ0) is 7.61. The van der Waals surface area contributed by atoms with Gasteiger partial charge in [-0.05, 0) is 32.4 Å². The van der Waals surface area contributed by atoms with E-state index in [0.717, 1.165) is 0 Å². The van der Waals surface area contributed by atoms with Crippen molar-refractivity contribution in [2.45, 2.75) is 32.6 Å². The van der Waals surface area contributed by atoms with Crippen molar-refractivity contribution < 1.29 is 0 Å². The summed E-state index contributed by atoms with van der Waals surface area (Å²) in [6.07, 6.45) is 5.77. The molecule has 1 rings (SSSR count). The Morgan fingerprint density at radius 2 is 1.70 bits per heavy atom. The summed E-state index contributed by atoms with van der Waals surface area (Å²) in [7, 11) is 4.34. The highest BCUT2D eigenvalue weighted by Crippen LogP contribution is 2.37. The normalized spacial score (nSPS) is 24.0. The van der Waals surface area contributed by atoms with Gasteiger partial charge in [-0.2, -0.15) is 0 Å². The van der Waals surface area contributed by atoms with E-state index >= 15 is 0 Å². The van der Waals surface area contributed by atoms with Crippen molar-refractivity contribution in [1.82, 2.24) is 4.90 Å². The minimum atomic E-state index is 0.642. The summed E-state index contributed by atoms with van der Waals surface area (Å²) >= 11 is 0. The largest absolute Gasteiger partial charge is 0.309 e. The molecule has 0 N–H and O–H groups in total. The van der Waals surface area contributed by atoms with Crippen LogP contribution in [0.5, 0.6) is 0 Å².